The van der Waals surface area contributed by atoms with E-state index in [1.165, 1.54) is 11.5 Å². The van der Waals surface area contributed by atoms with Crippen molar-refractivity contribution in [3.8, 4) is 0 Å². The van der Waals surface area contributed by atoms with Crippen molar-refractivity contribution in [2.75, 3.05) is 0 Å². The second kappa shape index (κ2) is 4.03. The van der Waals surface area contributed by atoms with Crippen LogP contribution >= 0.6 is 11.6 Å². The molecule has 1 amide bonds. The maximum absolute atomic E-state index is 10.9. The van der Waals surface area contributed by atoms with Crippen LogP contribution in [0.1, 0.15) is 10.4 Å². The van der Waals surface area contributed by atoms with Crippen molar-refractivity contribution in [2.24, 2.45) is 0 Å². The fourth-order valence-electron chi connectivity index (χ4n) is 0.861. The lowest BCUT2D eigenvalue weighted by Crippen LogP contribution is -2.19. The number of hydroxylamine groups is 1. The van der Waals surface area contributed by atoms with Gasteiger partial charge in [-0.15, -0.1) is 0 Å². The van der Waals surface area contributed by atoms with Crippen molar-refractivity contribution >= 4 is 23.2 Å². The van der Waals surface area contributed by atoms with E-state index in [-0.39, 0.29) is 16.3 Å². The van der Waals surface area contributed by atoms with Gasteiger partial charge in [0.25, 0.3) is 11.6 Å². The number of benzene rings is 1. The van der Waals surface area contributed by atoms with E-state index < -0.39 is 10.8 Å². The highest BCUT2D eigenvalue weighted by molar-refractivity contribution is 6.33. The van der Waals surface area contributed by atoms with Crippen molar-refractivity contribution in [3.05, 3.63) is 38.9 Å². The Kier molecular flexibility index (Phi) is 3.00. The van der Waals surface area contributed by atoms with E-state index in [9.17, 15) is 14.9 Å². The topological polar surface area (TPSA) is 92.5 Å². The summed E-state index contributed by atoms with van der Waals surface area (Å²) in [5, 5.41) is 18.7. The molecule has 14 heavy (non-hydrogen) atoms. The largest absolute Gasteiger partial charge is 0.288 e. The Bertz CT molecular complexity index is 393. The number of halogens is 1. The van der Waals surface area contributed by atoms with Gasteiger partial charge in [0.05, 0.1) is 15.5 Å². The van der Waals surface area contributed by atoms with Crippen molar-refractivity contribution in [1.29, 1.82) is 0 Å². The molecule has 0 aliphatic carbocycles. The van der Waals surface area contributed by atoms with E-state index in [0.717, 1.165) is 12.1 Å². The van der Waals surface area contributed by atoms with Crippen LogP contribution in [0.2, 0.25) is 5.02 Å². The van der Waals surface area contributed by atoms with Crippen LogP contribution in [0.4, 0.5) is 5.69 Å². The van der Waals surface area contributed by atoms with E-state index in [0.29, 0.717) is 0 Å². The van der Waals surface area contributed by atoms with E-state index in [4.69, 9.17) is 16.8 Å². The van der Waals surface area contributed by atoms with Crippen LogP contribution in [0.5, 0.6) is 0 Å². The van der Waals surface area contributed by atoms with E-state index in [1.807, 2.05) is 0 Å². The summed E-state index contributed by atoms with van der Waals surface area (Å²) < 4.78 is 0. The lowest BCUT2D eigenvalue weighted by Gasteiger charge is -2.00. The number of hydrogen-bond acceptors (Lipinski definition) is 4. The first-order valence-electron chi connectivity index (χ1n) is 3.44. The second-order valence-electron chi connectivity index (χ2n) is 2.36. The van der Waals surface area contributed by atoms with Crippen LogP contribution in [-0.4, -0.2) is 16.0 Å². The van der Waals surface area contributed by atoms with Crippen LogP contribution in [0.3, 0.4) is 0 Å². The van der Waals surface area contributed by atoms with Crippen LogP contribution in [0.15, 0.2) is 18.2 Å². The van der Waals surface area contributed by atoms with E-state index in [2.05, 4.69) is 0 Å². The molecule has 0 spiro atoms. The summed E-state index contributed by atoms with van der Waals surface area (Å²) >= 11 is 5.58. The first kappa shape index (κ1) is 10.4. The summed E-state index contributed by atoms with van der Waals surface area (Å²) in [5.41, 5.74) is 0.922. The number of nitro benzene ring substituents is 1. The molecule has 0 aliphatic rings. The number of carbonyl (C=O) groups excluding carboxylic acids is 1. The molecule has 1 aromatic rings. The zero-order valence-corrected chi connectivity index (χ0v) is 7.49. The SMILES string of the molecule is O=C(NO)c1cc([N+](=O)[O-])ccc1Cl. The molecule has 74 valence electrons. The number of rotatable bonds is 2. The van der Waals surface area contributed by atoms with Gasteiger partial charge in [0.2, 0.25) is 0 Å². The molecular weight excluding hydrogens is 212 g/mol. The van der Waals surface area contributed by atoms with Crippen LogP contribution in [-0.2, 0) is 0 Å². The minimum atomic E-state index is -0.890. The number of amides is 1. The van der Waals surface area contributed by atoms with E-state index in [1.54, 1.807) is 0 Å². The number of nitrogens with one attached hydrogen (secondary N) is 1. The molecule has 0 heterocycles. The number of non-ortho nitro benzene ring substituents is 1. The Hall–Kier alpha value is -1.66. The van der Waals surface area contributed by atoms with Gasteiger partial charge in [0.15, 0.2) is 0 Å². The smallest absolute Gasteiger partial charge is 0.276 e. The molecule has 0 aliphatic heterocycles. The second-order valence-corrected chi connectivity index (χ2v) is 2.77. The normalized spacial score (nSPS) is 9.57. The Morgan fingerprint density at radius 2 is 2.21 bits per heavy atom. The number of nitro groups is 1. The number of nitrogens with zero attached hydrogens (tertiary/aromatic N) is 1. The number of hydrogen-bond donors (Lipinski definition) is 2. The highest BCUT2D eigenvalue weighted by Crippen LogP contribution is 2.21. The highest BCUT2D eigenvalue weighted by atomic mass is 35.5. The Balaban J connectivity index is 3.21. The average molecular weight is 217 g/mol. The maximum atomic E-state index is 10.9. The minimum Gasteiger partial charge on any atom is -0.288 e. The van der Waals surface area contributed by atoms with Gasteiger partial charge in [-0.25, -0.2) is 5.48 Å². The van der Waals surface area contributed by atoms with Crippen molar-refractivity contribution in [3.63, 3.8) is 0 Å². The van der Waals surface area contributed by atoms with Gasteiger partial charge in [0.1, 0.15) is 0 Å². The third kappa shape index (κ3) is 1.98. The molecule has 0 radical (unpaired) electrons. The molecule has 0 atom stereocenters. The van der Waals surface area contributed by atoms with Crippen molar-refractivity contribution in [2.45, 2.75) is 0 Å². The molecule has 0 aromatic heterocycles. The van der Waals surface area contributed by atoms with E-state index >= 15 is 0 Å². The third-order valence-electron chi connectivity index (χ3n) is 1.51. The summed E-state index contributed by atoms with van der Waals surface area (Å²) in [6, 6.07) is 3.36. The lowest BCUT2D eigenvalue weighted by molar-refractivity contribution is -0.384. The summed E-state index contributed by atoms with van der Waals surface area (Å²) in [7, 11) is 0. The first-order chi connectivity index (χ1) is 6.56. The fraction of sp³-hybridized carbons (Fsp3) is 0. The molecule has 0 saturated carbocycles. The molecule has 0 bridgehead atoms. The van der Waals surface area contributed by atoms with Crippen LogP contribution in [0, 0.1) is 10.1 Å². The Labute approximate surface area is 83.2 Å². The third-order valence-corrected chi connectivity index (χ3v) is 1.84. The molecule has 2 N–H and O–H groups in total. The van der Waals surface area contributed by atoms with Crippen molar-refractivity contribution < 1.29 is 14.9 Å². The van der Waals surface area contributed by atoms with Crippen molar-refractivity contribution in [1.82, 2.24) is 5.48 Å². The van der Waals surface area contributed by atoms with Gasteiger partial charge >= 0.3 is 0 Å². The summed E-state index contributed by atoms with van der Waals surface area (Å²) in [6.45, 7) is 0. The van der Waals surface area contributed by atoms with Crippen LogP contribution < -0.4 is 5.48 Å². The standard InChI is InChI=1S/C7H5ClN2O4/c8-6-2-1-4(10(13)14)3-5(6)7(11)9-12/h1-3,12H,(H,9,11). The molecule has 1 aromatic carbocycles. The molecule has 1 rings (SSSR count). The number of carbonyl (C=O) groups is 1. The Morgan fingerprint density at radius 3 is 2.71 bits per heavy atom. The zero-order valence-electron chi connectivity index (χ0n) is 6.73. The van der Waals surface area contributed by atoms with Gasteiger partial charge in [-0.1, -0.05) is 11.6 Å². The molecular formula is C7H5ClN2O4. The summed E-state index contributed by atoms with van der Waals surface area (Å²) in [6.07, 6.45) is 0. The monoisotopic (exact) mass is 216 g/mol. The van der Waals surface area contributed by atoms with Gasteiger partial charge in [-0.2, -0.15) is 0 Å². The maximum Gasteiger partial charge on any atom is 0.276 e. The van der Waals surface area contributed by atoms with Gasteiger partial charge in [0, 0.05) is 12.1 Å². The fourth-order valence-corrected chi connectivity index (χ4v) is 1.06. The lowest BCUT2D eigenvalue weighted by atomic mass is 10.2. The molecule has 0 unspecified atom stereocenters. The van der Waals surface area contributed by atoms with Gasteiger partial charge in [-0.3, -0.25) is 20.1 Å². The Morgan fingerprint density at radius 1 is 1.57 bits per heavy atom. The van der Waals surface area contributed by atoms with Crippen LogP contribution in [0.25, 0.3) is 0 Å². The van der Waals surface area contributed by atoms with Gasteiger partial charge < -0.3 is 0 Å². The quantitative estimate of drug-likeness (QED) is 0.444. The zero-order chi connectivity index (χ0) is 10.7. The molecule has 0 saturated heterocycles. The first-order valence-corrected chi connectivity index (χ1v) is 3.82. The molecule has 0 fully saturated rings. The van der Waals surface area contributed by atoms with Gasteiger partial charge in [-0.05, 0) is 6.07 Å². The molecule has 7 heteroatoms. The average Bonchev–Trinajstić information content (AvgIpc) is 2.17. The highest BCUT2D eigenvalue weighted by Gasteiger charge is 2.14. The summed E-state index contributed by atoms with van der Waals surface area (Å²) in [4.78, 5) is 20.6. The molecule has 6 nitrogen and oxygen atoms in total. The predicted octanol–water partition coefficient (Wildman–Crippen LogP) is 1.37. The summed E-state index contributed by atoms with van der Waals surface area (Å²) in [5.74, 6) is -0.890. The minimum absolute atomic E-state index is 0.0298. The predicted molar refractivity (Wildman–Crippen MR) is 47.4 cm³/mol.